The molecule has 22 heavy (non-hydrogen) atoms. The van der Waals surface area contributed by atoms with E-state index in [1.807, 2.05) is 0 Å². The van der Waals surface area contributed by atoms with Gasteiger partial charge >= 0.3 is 0 Å². The van der Waals surface area contributed by atoms with Crippen molar-refractivity contribution in [2.75, 3.05) is 0 Å². The van der Waals surface area contributed by atoms with E-state index in [9.17, 15) is 16.8 Å². The van der Waals surface area contributed by atoms with E-state index >= 15 is 0 Å². The van der Waals surface area contributed by atoms with Crippen LogP contribution in [0.2, 0.25) is 8.67 Å². The summed E-state index contributed by atoms with van der Waals surface area (Å²) in [5.74, 6) is 0. The lowest BCUT2D eigenvalue weighted by atomic mass is 10.2. The molecule has 3 N–H and O–H groups in total. The largest absolute Gasteiger partial charge is 0.243 e. The molecule has 0 aliphatic heterocycles. The van der Waals surface area contributed by atoms with E-state index in [0.29, 0.717) is 5.56 Å². The fourth-order valence-electron chi connectivity index (χ4n) is 1.60. The number of hydrogen-bond acceptors (Lipinski definition) is 5. The number of thiophene rings is 1. The number of nitrogens with two attached hydrogens (primary N) is 1. The third-order valence-electron chi connectivity index (χ3n) is 2.61. The van der Waals surface area contributed by atoms with Gasteiger partial charge in [0, 0.05) is 6.54 Å². The molecule has 0 fully saturated rings. The Labute approximate surface area is 142 Å². The SMILES string of the molecule is NS(=O)(=O)c1cccc(CNS(=O)(=O)c2cc(Cl)sc2Cl)c1. The van der Waals surface area contributed by atoms with Crippen LogP contribution in [-0.2, 0) is 26.6 Å². The normalized spacial score (nSPS) is 12.5. The Morgan fingerprint density at radius 2 is 1.82 bits per heavy atom. The number of primary sulfonamides is 1. The number of hydrogen-bond donors (Lipinski definition) is 2. The molecule has 0 spiro atoms. The third-order valence-corrected chi connectivity index (χ3v) is 6.67. The van der Waals surface area contributed by atoms with E-state index in [-0.39, 0.29) is 25.0 Å². The van der Waals surface area contributed by atoms with Crippen LogP contribution in [0.25, 0.3) is 0 Å². The van der Waals surface area contributed by atoms with Gasteiger partial charge in [0.05, 0.1) is 9.23 Å². The molecule has 11 heteroatoms. The van der Waals surface area contributed by atoms with Gasteiger partial charge in [-0.15, -0.1) is 11.3 Å². The number of rotatable bonds is 5. The Morgan fingerprint density at radius 1 is 1.14 bits per heavy atom. The minimum atomic E-state index is -3.85. The minimum Gasteiger partial charge on any atom is -0.225 e. The van der Waals surface area contributed by atoms with Crippen LogP contribution < -0.4 is 9.86 Å². The molecule has 120 valence electrons. The van der Waals surface area contributed by atoms with E-state index in [0.717, 1.165) is 11.3 Å². The first-order chi connectivity index (χ1) is 10.1. The number of benzene rings is 1. The van der Waals surface area contributed by atoms with Crippen molar-refractivity contribution < 1.29 is 16.8 Å². The molecular formula is C11H10Cl2N2O4S3. The summed E-state index contributed by atoms with van der Waals surface area (Å²) in [5, 5.41) is 5.02. The molecule has 0 amide bonds. The van der Waals surface area contributed by atoms with Gasteiger partial charge in [0.25, 0.3) is 0 Å². The fraction of sp³-hybridized carbons (Fsp3) is 0.0909. The highest BCUT2D eigenvalue weighted by atomic mass is 35.5. The highest BCUT2D eigenvalue weighted by molar-refractivity contribution is 7.90. The van der Waals surface area contributed by atoms with Gasteiger partial charge in [-0.05, 0) is 23.8 Å². The standard InChI is InChI=1S/C11H10Cl2N2O4S3/c12-10-5-9(11(13)20-10)22(18,19)15-6-7-2-1-3-8(4-7)21(14,16)17/h1-5,15H,6H2,(H2,14,16,17). The van der Waals surface area contributed by atoms with E-state index in [2.05, 4.69) is 4.72 Å². The van der Waals surface area contributed by atoms with Gasteiger partial charge in [-0.3, -0.25) is 0 Å². The van der Waals surface area contributed by atoms with Gasteiger partial charge in [-0.25, -0.2) is 26.7 Å². The minimum absolute atomic E-state index is 0.0517. The van der Waals surface area contributed by atoms with Crippen LogP contribution in [0.3, 0.4) is 0 Å². The lowest BCUT2D eigenvalue weighted by molar-refractivity contribution is 0.581. The van der Waals surface area contributed by atoms with E-state index < -0.39 is 20.0 Å². The highest BCUT2D eigenvalue weighted by Crippen LogP contribution is 2.34. The molecule has 0 radical (unpaired) electrons. The van der Waals surface area contributed by atoms with Crippen molar-refractivity contribution >= 4 is 54.6 Å². The molecule has 0 aliphatic carbocycles. The predicted molar refractivity (Wildman–Crippen MR) is 86.2 cm³/mol. The number of sulfonamides is 2. The lowest BCUT2D eigenvalue weighted by Gasteiger charge is -2.07. The van der Waals surface area contributed by atoms with Gasteiger partial charge in [-0.1, -0.05) is 35.3 Å². The maximum Gasteiger partial charge on any atom is 0.243 e. The second-order valence-electron chi connectivity index (χ2n) is 4.21. The zero-order valence-corrected chi connectivity index (χ0v) is 14.7. The van der Waals surface area contributed by atoms with Crippen LogP contribution in [0.15, 0.2) is 40.1 Å². The van der Waals surface area contributed by atoms with Crippen molar-refractivity contribution in [1.82, 2.24) is 4.72 Å². The molecule has 0 atom stereocenters. The van der Waals surface area contributed by atoms with Crippen molar-refractivity contribution in [1.29, 1.82) is 0 Å². The molecule has 1 aromatic heterocycles. The van der Waals surface area contributed by atoms with Gasteiger partial charge < -0.3 is 0 Å². The summed E-state index contributed by atoms with van der Waals surface area (Å²) < 4.78 is 49.4. The average molecular weight is 401 g/mol. The zero-order valence-electron chi connectivity index (χ0n) is 10.8. The van der Waals surface area contributed by atoms with Crippen LogP contribution in [0.5, 0.6) is 0 Å². The first kappa shape index (κ1) is 17.7. The first-order valence-electron chi connectivity index (χ1n) is 5.66. The molecular weight excluding hydrogens is 391 g/mol. The Balaban J connectivity index is 2.21. The maximum atomic E-state index is 12.1. The molecule has 1 aromatic carbocycles. The van der Waals surface area contributed by atoms with Gasteiger partial charge in [-0.2, -0.15) is 0 Å². The fourth-order valence-corrected chi connectivity index (χ4v) is 5.35. The van der Waals surface area contributed by atoms with Crippen LogP contribution in [0.1, 0.15) is 5.56 Å². The smallest absolute Gasteiger partial charge is 0.225 e. The topological polar surface area (TPSA) is 106 Å². The van der Waals surface area contributed by atoms with Gasteiger partial charge in [0.1, 0.15) is 9.23 Å². The summed E-state index contributed by atoms with van der Waals surface area (Å²) in [7, 11) is -7.70. The Kier molecular flexibility index (Phi) is 5.17. The average Bonchev–Trinajstić information content (AvgIpc) is 2.76. The van der Waals surface area contributed by atoms with Crippen molar-refractivity contribution in [3.05, 3.63) is 44.6 Å². The zero-order chi connectivity index (χ0) is 16.5. The van der Waals surface area contributed by atoms with Crippen LogP contribution in [0.4, 0.5) is 0 Å². The third kappa shape index (κ3) is 4.19. The molecule has 2 aromatic rings. The molecule has 0 unspecified atom stereocenters. The summed E-state index contributed by atoms with van der Waals surface area (Å²) in [6.45, 7) is -0.116. The Morgan fingerprint density at radius 3 is 2.36 bits per heavy atom. The maximum absolute atomic E-state index is 12.1. The summed E-state index contributed by atoms with van der Waals surface area (Å²) in [4.78, 5) is -0.215. The van der Waals surface area contributed by atoms with Crippen LogP contribution >= 0.6 is 34.5 Å². The molecule has 1 heterocycles. The van der Waals surface area contributed by atoms with E-state index in [1.54, 1.807) is 6.07 Å². The Bertz CT molecular complexity index is 907. The number of nitrogens with one attached hydrogen (secondary N) is 1. The first-order valence-corrected chi connectivity index (χ1v) is 10.3. The van der Waals surface area contributed by atoms with E-state index in [1.165, 1.54) is 24.3 Å². The predicted octanol–water partition coefficient (Wildman–Crippen LogP) is 2.18. The highest BCUT2D eigenvalue weighted by Gasteiger charge is 2.20. The summed E-state index contributed by atoms with van der Waals surface area (Å²) in [6.07, 6.45) is 0. The molecule has 6 nitrogen and oxygen atoms in total. The Hall–Kier alpha value is -0.680. The second kappa shape index (κ2) is 6.44. The van der Waals surface area contributed by atoms with Gasteiger partial charge in [0.2, 0.25) is 20.0 Å². The van der Waals surface area contributed by atoms with E-state index in [4.69, 9.17) is 28.3 Å². The molecule has 2 rings (SSSR count). The molecule has 0 bridgehead atoms. The van der Waals surface area contributed by atoms with Crippen molar-refractivity contribution in [2.24, 2.45) is 5.14 Å². The lowest BCUT2D eigenvalue weighted by Crippen LogP contribution is -2.23. The quantitative estimate of drug-likeness (QED) is 0.801. The molecule has 0 saturated heterocycles. The molecule has 0 saturated carbocycles. The number of halogens is 2. The summed E-state index contributed by atoms with van der Waals surface area (Å²) >= 11 is 12.5. The van der Waals surface area contributed by atoms with Crippen molar-refractivity contribution in [3.63, 3.8) is 0 Å². The summed E-state index contributed by atoms with van der Waals surface area (Å²) in [5.41, 5.74) is 0.438. The van der Waals surface area contributed by atoms with Crippen molar-refractivity contribution in [2.45, 2.75) is 16.3 Å². The monoisotopic (exact) mass is 400 g/mol. The molecule has 0 aliphatic rings. The van der Waals surface area contributed by atoms with Gasteiger partial charge in [0.15, 0.2) is 0 Å². The van der Waals surface area contributed by atoms with Crippen molar-refractivity contribution in [3.8, 4) is 0 Å². The summed E-state index contributed by atoms with van der Waals surface area (Å²) in [6, 6.07) is 6.90. The van der Waals surface area contributed by atoms with Crippen LogP contribution in [0, 0.1) is 0 Å². The van der Waals surface area contributed by atoms with Crippen LogP contribution in [-0.4, -0.2) is 16.8 Å². The second-order valence-corrected chi connectivity index (χ2v) is 9.79.